The molecule has 0 aliphatic heterocycles. The number of hydrogen-bond donors (Lipinski definition) is 1. The van der Waals surface area contributed by atoms with Crippen LogP contribution >= 0.6 is 0 Å². The standard InChI is InChI=1S/C19H23N3O6S/c1-5-17(19(23)20-16-10-7-11-18(13(16)2)22(24)25)21(29(4,26)27)14-8-6-9-15(12-14)28-3/h6-12,17H,5H2,1-4H3,(H,20,23)/t17-/m0/s1. The van der Waals surface area contributed by atoms with Crippen molar-refractivity contribution in [3.05, 3.63) is 58.1 Å². The highest BCUT2D eigenvalue weighted by atomic mass is 32.2. The van der Waals surface area contributed by atoms with Gasteiger partial charge in [0, 0.05) is 12.1 Å². The first-order valence-electron chi connectivity index (χ1n) is 8.78. The van der Waals surface area contributed by atoms with Gasteiger partial charge in [0.2, 0.25) is 15.9 Å². The molecule has 9 nitrogen and oxygen atoms in total. The molecule has 0 aliphatic carbocycles. The van der Waals surface area contributed by atoms with E-state index in [0.717, 1.165) is 10.6 Å². The second-order valence-corrected chi connectivity index (χ2v) is 8.24. The second-order valence-electron chi connectivity index (χ2n) is 6.38. The maximum absolute atomic E-state index is 13.0. The van der Waals surface area contributed by atoms with Gasteiger partial charge in [-0.05, 0) is 31.5 Å². The normalized spacial score (nSPS) is 12.1. The highest BCUT2D eigenvalue weighted by Gasteiger charge is 2.32. The number of carbonyl (C=O) groups is 1. The van der Waals surface area contributed by atoms with Gasteiger partial charge >= 0.3 is 0 Å². The van der Waals surface area contributed by atoms with E-state index in [1.165, 1.54) is 38.3 Å². The number of sulfonamides is 1. The largest absolute Gasteiger partial charge is 0.497 e. The molecule has 1 N–H and O–H groups in total. The highest BCUT2D eigenvalue weighted by Crippen LogP contribution is 2.29. The molecule has 0 bridgehead atoms. The summed E-state index contributed by atoms with van der Waals surface area (Å²) in [7, 11) is -2.36. The second kappa shape index (κ2) is 8.91. The van der Waals surface area contributed by atoms with E-state index in [0.29, 0.717) is 5.75 Å². The van der Waals surface area contributed by atoms with Crippen LogP contribution in [0.15, 0.2) is 42.5 Å². The van der Waals surface area contributed by atoms with E-state index in [4.69, 9.17) is 4.74 Å². The fourth-order valence-electron chi connectivity index (χ4n) is 2.98. The molecule has 0 fully saturated rings. The molecule has 0 spiro atoms. The van der Waals surface area contributed by atoms with Crippen molar-refractivity contribution in [3.8, 4) is 5.75 Å². The zero-order valence-electron chi connectivity index (χ0n) is 16.6. The smallest absolute Gasteiger partial charge is 0.274 e. The summed E-state index contributed by atoms with van der Waals surface area (Å²) in [6, 6.07) is 9.64. The number of methoxy groups -OCH3 is 1. The highest BCUT2D eigenvalue weighted by molar-refractivity contribution is 7.92. The van der Waals surface area contributed by atoms with Crippen molar-refractivity contribution < 1.29 is 22.9 Å². The van der Waals surface area contributed by atoms with E-state index >= 15 is 0 Å². The number of carbonyl (C=O) groups excluding carboxylic acids is 1. The molecular formula is C19H23N3O6S. The fourth-order valence-corrected chi connectivity index (χ4v) is 4.18. The lowest BCUT2D eigenvalue weighted by atomic mass is 10.1. The minimum absolute atomic E-state index is 0.136. The molecule has 0 radical (unpaired) electrons. The van der Waals surface area contributed by atoms with Crippen molar-refractivity contribution in [1.29, 1.82) is 0 Å². The molecule has 0 saturated carbocycles. The zero-order chi connectivity index (χ0) is 21.8. The molecule has 2 aromatic rings. The van der Waals surface area contributed by atoms with Crippen LogP contribution in [0.3, 0.4) is 0 Å². The van der Waals surface area contributed by atoms with Crippen molar-refractivity contribution in [3.63, 3.8) is 0 Å². The Labute approximate surface area is 169 Å². The third-order valence-electron chi connectivity index (χ3n) is 4.40. The molecular weight excluding hydrogens is 398 g/mol. The number of ether oxygens (including phenoxy) is 1. The first-order valence-corrected chi connectivity index (χ1v) is 10.6. The van der Waals surface area contributed by atoms with Gasteiger partial charge < -0.3 is 10.1 Å². The number of amides is 1. The lowest BCUT2D eigenvalue weighted by Gasteiger charge is -2.30. The van der Waals surface area contributed by atoms with Gasteiger partial charge in [0.05, 0.1) is 35.2 Å². The summed E-state index contributed by atoms with van der Waals surface area (Å²) in [6.45, 7) is 3.20. The SMILES string of the molecule is CC[C@@H](C(=O)Nc1cccc([N+](=O)[O-])c1C)N(c1cccc(OC)c1)S(C)(=O)=O. The van der Waals surface area contributed by atoms with Gasteiger partial charge in [-0.15, -0.1) is 0 Å². The average Bonchev–Trinajstić information content (AvgIpc) is 2.66. The summed E-state index contributed by atoms with van der Waals surface area (Å²) in [4.78, 5) is 23.6. The first kappa shape index (κ1) is 22.2. The lowest BCUT2D eigenvalue weighted by molar-refractivity contribution is -0.385. The van der Waals surface area contributed by atoms with Gasteiger partial charge in [-0.2, -0.15) is 0 Å². The minimum atomic E-state index is -3.81. The third-order valence-corrected chi connectivity index (χ3v) is 5.58. The van der Waals surface area contributed by atoms with Crippen molar-refractivity contribution >= 4 is 33.0 Å². The van der Waals surface area contributed by atoms with Crippen LogP contribution in [0, 0.1) is 17.0 Å². The monoisotopic (exact) mass is 421 g/mol. The summed E-state index contributed by atoms with van der Waals surface area (Å²) in [5.74, 6) is -0.148. The van der Waals surface area contributed by atoms with Crippen molar-refractivity contribution in [2.24, 2.45) is 0 Å². The maximum Gasteiger partial charge on any atom is 0.274 e. The predicted molar refractivity (Wildman–Crippen MR) is 111 cm³/mol. The summed E-state index contributed by atoms with van der Waals surface area (Å²) in [5.41, 5.74) is 0.683. The number of nitro groups is 1. The molecule has 2 rings (SSSR count). The minimum Gasteiger partial charge on any atom is -0.497 e. The fraction of sp³-hybridized carbons (Fsp3) is 0.316. The molecule has 0 saturated heterocycles. The maximum atomic E-state index is 13.0. The van der Waals surface area contributed by atoms with E-state index < -0.39 is 26.9 Å². The van der Waals surface area contributed by atoms with Gasteiger partial charge in [-0.3, -0.25) is 19.2 Å². The van der Waals surface area contributed by atoms with Crippen molar-refractivity contribution in [1.82, 2.24) is 0 Å². The van der Waals surface area contributed by atoms with Gasteiger partial charge in [0.1, 0.15) is 11.8 Å². The van der Waals surface area contributed by atoms with Crippen LogP contribution in [0.5, 0.6) is 5.75 Å². The van der Waals surface area contributed by atoms with Gasteiger partial charge in [0.15, 0.2) is 0 Å². The molecule has 2 aromatic carbocycles. The van der Waals surface area contributed by atoms with E-state index in [-0.39, 0.29) is 29.0 Å². The summed E-state index contributed by atoms with van der Waals surface area (Å²) in [6.07, 6.45) is 1.20. The Bertz CT molecular complexity index is 1020. The lowest BCUT2D eigenvalue weighted by Crippen LogP contribution is -2.47. The van der Waals surface area contributed by atoms with E-state index in [9.17, 15) is 23.3 Å². The molecule has 0 aliphatic rings. The van der Waals surface area contributed by atoms with Gasteiger partial charge in [-0.25, -0.2) is 8.42 Å². The quantitative estimate of drug-likeness (QED) is 0.517. The molecule has 29 heavy (non-hydrogen) atoms. The van der Waals surface area contributed by atoms with Gasteiger partial charge in [0.25, 0.3) is 5.69 Å². The van der Waals surface area contributed by atoms with Crippen LogP contribution in [-0.2, 0) is 14.8 Å². The molecule has 1 amide bonds. The van der Waals surface area contributed by atoms with Crippen LogP contribution in [0.2, 0.25) is 0 Å². The van der Waals surface area contributed by atoms with Crippen LogP contribution in [-0.4, -0.2) is 38.7 Å². The Hall–Kier alpha value is -3.14. The zero-order valence-corrected chi connectivity index (χ0v) is 17.4. The average molecular weight is 421 g/mol. The van der Waals surface area contributed by atoms with Crippen molar-refractivity contribution in [2.45, 2.75) is 26.3 Å². The molecule has 1 atom stereocenters. The topological polar surface area (TPSA) is 119 Å². The Morgan fingerprint density at radius 1 is 1.28 bits per heavy atom. The van der Waals surface area contributed by atoms with E-state index in [2.05, 4.69) is 5.32 Å². The number of nitrogens with one attached hydrogen (secondary N) is 1. The summed E-state index contributed by atoms with van der Waals surface area (Å²) in [5, 5.41) is 13.8. The predicted octanol–water partition coefficient (Wildman–Crippen LogP) is 3.10. The molecule has 0 heterocycles. The summed E-state index contributed by atoms with van der Waals surface area (Å²) >= 11 is 0. The number of anilines is 2. The number of rotatable bonds is 8. The molecule has 156 valence electrons. The number of hydrogen-bond acceptors (Lipinski definition) is 6. The van der Waals surface area contributed by atoms with Crippen molar-refractivity contribution in [2.75, 3.05) is 23.0 Å². The number of nitro benzene ring substituents is 1. The third kappa shape index (κ3) is 5.02. The number of benzene rings is 2. The Balaban J connectivity index is 2.44. The Morgan fingerprint density at radius 2 is 1.93 bits per heavy atom. The first-order chi connectivity index (χ1) is 13.6. The van der Waals surface area contributed by atoms with Crippen LogP contribution in [0.25, 0.3) is 0 Å². The molecule has 10 heteroatoms. The number of nitrogens with zero attached hydrogens (tertiary/aromatic N) is 2. The van der Waals surface area contributed by atoms with E-state index in [1.807, 2.05) is 0 Å². The van der Waals surface area contributed by atoms with Crippen LogP contribution in [0.4, 0.5) is 17.1 Å². The van der Waals surface area contributed by atoms with E-state index in [1.54, 1.807) is 25.1 Å². The van der Waals surface area contributed by atoms with Crippen LogP contribution < -0.4 is 14.4 Å². The Morgan fingerprint density at radius 3 is 2.48 bits per heavy atom. The van der Waals surface area contributed by atoms with Crippen LogP contribution in [0.1, 0.15) is 18.9 Å². The summed E-state index contributed by atoms with van der Waals surface area (Å²) < 4.78 is 31.2. The molecule has 0 unspecified atom stereocenters. The Kier molecular flexibility index (Phi) is 6.80. The molecule has 0 aromatic heterocycles. The van der Waals surface area contributed by atoms with Gasteiger partial charge in [-0.1, -0.05) is 19.1 Å².